The van der Waals surface area contributed by atoms with Gasteiger partial charge in [-0.1, -0.05) is 24.3 Å². The summed E-state index contributed by atoms with van der Waals surface area (Å²) in [5, 5.41) is 9.36. The van der Waals surface area contributed by atoms with E-state index in [4.69, 9.17) is 0 Å². The van der Waals surface area contributed by atoms with E-state index in [-0.39, 0.29) is 18.2 Å². The zero-order chi connectivity index (χ0) is 14.5. The first kappa shape index (κ1) is 14.5. The van der Waals surface area contributed by atoms with Crippen molar-refractivity contribution in [2.45, 2.75) is 19.3 Å². The van der Waals surface area contributed by atoms with Gasteiger partial charge in [0.1, 0.15) is 0 Å². The van der Waals surface area contributed by atoms with Gasteiger partial charge in [0.2, 0.25) is 5.91 Å². The van der Waals surface area contributed by atoms with Crippen molar-refractivity contribution in [3.05, 3.63) is 35.4 Å². The van der Waals surface area contributed by atoms with Crippen molar-refractivity contribution in [3.8, 4) is 6.07 Å². The summed E-state index contributed by atoms with van der Waals surface area (Å²) in [6.45, 7) is 5.34. The fourth-order valence-electron chi connectivity index (χ4n) is 2.56. The average Bonchev–Trinajstić information content (AvgIpc) is 2.46. The molecule has 1 heterocycles. The SMILES string of the molecule is Cc1ccccc1C(C#N)CC(=O)N1CCN(C)CC1. The molecule has 1 saturated heterocycles. The third-order valence-electron chi connectivity index (χ3n) is 3.95. The topological polar surface area (TPSA) is 47.3 Å². The first-order valence-corrected chi connectivity index (χ1v) is 7.03. The molecule has 1 aliphatic rings. The van der Waals surface area contributed by atoms with Crippen molar-refractivity contribution in [1.29, 1.82) is 5.26 Å². The quantitative estimate of drug-likeness (QED) is 0.841. The molecular weight excluding hydrogens is 250 g/mol. The molecule has 106 valence electrons. The predicted molar refractivity (Wildman–Crippen MR) is 78.2 cm³/mol. The highest BCUT2D eigenvalue weighted by Crippen LogP contribution is 2.23. The second-order valence-corrected chi connectivity index (χ2v) is 5.43. The summed E-state index contributed by atoms with van der Waals surface area (Å²) in [5.41, 5.74) is 2.04. The highest BCUT2D eigenvalue weighted by Gasteiger charge is 2.23. The van der Waals surface area contributed by atoms with Crippen LogP contribution in [-0.4, -0.2) is 48.9 Å². The molecule has 1 aliphatic heterocycles. The van der Waals surface area contributed by atoms with E-state index in [1.165, 1.54) is 0 Å². The van der Waals surface area contributed by atoms with Crippen LogP contribution in [0.2, 0.25) is 0 Å². The molecule has 2 rings (SSSR count). The van der Waals surface area contributed by atoms with Crippen molar-refractivity contribution >= 4 is 5.91 Å². The lowest BCUT2D eigenvalue weighted by Crippen LogP contribution is -2.47. The van der Waals surface area contributed by atoms with Crippen molar-refractivity contribution in [2.75, 3.05) is 33.2 Å². The molecule has 4 heteroatoms. The predicted octanol–water partition coefficient (Wildman–Crippen LogP) is 1.77. The van der Waals surface area contributed by atoms with Crippen LogP contribution in [0.5, 0.6) is 0 Å². The van der Waals surface area contributed by atoms with Gasteiger partial charge in [-0.25, -0.2) is 0 Å². The van der Waals surface area contributed by atoms with Crippen LogP contribution in [0.4, 0.5) is 0 Å². The smallest absolute Gasteiger partial charge is 0.224 e. The number of amides is 1. The zero-order valence-corrected chi connectivity index (χ0v) is 12.2. The molecule has 1 aromatic carbocycles. The summed E-state index contributed by atoms with van der Waals surface area (Å²) in [7, 11) is 2.06. The van der Waals surface area contributed by atoms with Gasteiger partial charge in [-0.15, -0.1) is 0 Å². The van der Waals surface area contributed by atoms with Crippen molar-refractivity contribution in [1.82, 2.24) is 9.80 Å². The van der Waals surface area contributed by atoms with E-state index >= 15 is 0 Å². The van der Waals surface area contributed by atoms with Gasteiger partial charge in [-0.3, -0.25) is 4.79 Å². The van der Waals surface area contributed by atoms with Crippen LogP contribution in [0, 0.1) is 18.3 Å². The fourth-order valence-corrected chi connectivity index (χ4v) is 2.56. The zero-order valence-electron chi connectivity index (χ0n) is 12.2. The van der Waals surface area contributed by atoms with E-state index in [9.17, 15) is 10.1 Å². The van der Waals surface area contributed by atoms with E-state index in [1.807, 2.05) is 36.1 Å². The van der Waals surface area contributed by atoms with Crippen LogP contribution in [-0.2, 0) is 4.79 Å². The highest BCUT2D eigenvalue weighted by molar-refractivity contribution is 5.77. The van der Waals surface area contributed by atoms with Crippen molar-refractivity contribution < 1.29 is 4.79 Å². The Labute approximate surface area is 120 Å². The summed E-state index contributed by atoms with van der Waals surface area (Å²) in [4.78, 5) is 16.4. The molecule has 1 atom stereocenters. The second-order valence-electron chi connectivity index (χ2n) is 5.43. The Morgan fingerprint density at radius 2 is 1.95 bits per heavy atom. The van der Waals surface area contributed by atoms with Gasteiger partial charge in [0.15, 0.2) is 0 Å². The van der Waals surface area contributed by atoms with Gasteiger partial charge < -0.3 is 9.80 Å². The third kappa shape index (κ3) is 3.37. The Kier molecular flexibility index (Phi) is 4.75. The number of nitrogens with zero attached hydrogens (tertiary/aromatic N) is 3. The molecule has 0 saturated carbocycles. The molecule has 0 bridgehead atoms. The number of hydrogen-bond donors (Lipinski definition) is 0. The van der Waals surface area contributed by atoms with E-state index in [1.54, 1.807) is 0 Å². The van der Waals surface area contributed by atoms with Gasteiger partial charge in [0, 0.05) is 32.6 Å². The lowest BCUT2D eigenvalue weighted by molar-refractivity contribution is -0.132. The molecule has 20 heavy (non-hydrogen) atoms. The molecule has 1 aromatic rings. The number of benzene rings is 1. The van der Waals surface area contributed by atoms with E-state index in [2.05, 4.69) is 18.0 Å². The first-order valence-electron chi connectivity index (χ1n) is 7.03. The maximum absolute atomic E-state index is 12.3. The van der Waals surface area contributed by atoms with E-state index in [0.29, 0.717) is 0 Å². The maximum Gasteiger partial charge on any atom is 0.224 e. The maximum atomic E-state index is 12.3. The molecular formula is C16H21N3O. The molecule has 4 nitrogen and oxygen atoms in total. The average molecular weight is 271 g/mol. The van der Waals surface area contributed by atoms with Crippen LogP contribution >= 0.6 is 0 Å². The van der Waals surface area contributed by atoms with Crippen LogP contribution in [0.3, 0.4) is 0 Å². The lowest BCUT2D eigenvalue weighted by atomic mass is 9.93. The summed E-state index contributed by atoms with van der Waals surface area (Å²) < 4.78 is 0. The summed E-state index contributed by atoms with van der Waals surface area (Å²) >= 11 is 0. The number of carbonyl (C=O) groups excluding carboxylic acids is 1. The Morgan fingerprint density at radius 1 is 1.30 bits per heavy atom. The first-order chi connectivity index (χ1) is 9.61. The van der Waals surface area contributed by atoms with Gasteiger partial charge in [-0.05, 0) is 25.1 Å². The number of nitriles is 1. The molecule has 1 amide bonds. The number of likely N-dealkylation sites (N-methyl/N-ethyl adjacent to an activating group) is 1. The Bertz CT molecular complexity index is 513. The normalized spacial score (nSPS) is 17.6. The van der Waals surface area contributed by atoms with E-state index in [0.717, 1.165) is 37.3 Å². The Hall–Kier alpha value is -1.86. The third-order valence-corrected chi connectivity index (χ3v) is 3.95. The minimum atomic E-state index is -0.344. The number of rotatable bonds is 3. The van der Waals surface area contributed by atoms with Crippen LogP contribution in [0.25, 0.3) is 0 Å². The molecule has 1 fully saturated rings. The molecule has 1 unspecified atom stereocenters. The minimum Gasteiger partial charge on any atom is -0.340 e. The number of hydrogen-bond acceptors (Lipinski definition) is 3. The second kappa shape index (κ2) is 6.53. The number of carbonyl (C=O) groups is 1. The largest absolute Gasteiger partial charge is 0.340 e. The summed E-state index contributed by atoms with van der Waals surface area (Å²) in [5.74, 6) is -0.253. The Balaban J connectivity index is 2.02. The molecule has 0 aromatic heterocycles. The monoisotopic (exact) mass is 271 g/mol. The summed E-state index contributed by atoms with van der Waals surface area (Å²) in [6.07, 6.45) is 0.283. The van der Waals surface area contributed by atoms with Crippen molar-refractivity contribution in [3.63, 3.8) is 0 Å². The standard InChI is InChI=1S/C16H21N3O/c1-13-5-3-4-6-15(13)14(12-17)11-16(20)19-9-7-18(2)8-10-19/h3-6,14H,7-11H2,1-2H3. The van der Waals surface area contributed by atoms with Crippen LogP contribution in [0.1, 0.15) is 23.5 Å². The molecule has 0 aliphatic carbocycles. The lowest BCUT2D eigenvalue weighted by Gasteiger charge is -2.33. The van der Waals surface area contributed by atoms with Gasteiger partial charge in [-0.2, -0.15) is 5.26 Å². The molecule has 0 spiro atoms. The van der Waals surface area contributed by atoms with Crippen molar-refractivity contribution in [2.24, 2.45) is 0 Å². The van der Waals surface area contributed by atoms with Gasteiger partial charge >= 0.3 is 0 Å². The Morgan fingerprint density at radius 3 is 2.55 bits per heavy atom. The van der Waals surface area contributed by atoms with Gasteiger partial charge in [0.25, 0.3) is 0 Å². The molecule has 0 N–H and O–H groups in total. The molecule has 0 radical (unpaired) electrons. The van der Waals surface area contributed by atoms with Crippen LogP contribution in [0.15, 0.2) is 24.3 Å². The minimum absolute atomic E-state index is 0.0907. The highest BCUT2D eigenvalue weighted by atomic mass is 16.2. The van der Waals surface area contributed by atoms with Crippen LogP contribution < -0.4 is 0 Å². The van der Waals surface area contributed by atoms with E-state index < -0.39 is 0 Å². The fraction of sp³-hybridized carbons (Fsp3) is 0.500. The number of piperazine rings is 1. The summed E-state index contributed by atoms with van der Waals surface area (Å²) in [6, 6.07) is 10.1. The van der Waals surface area contributed by atoms with Gasteiger partial charge in [0.05, 0.1) is 12.0 Å². The number of aryl methyl sites for hydroxylation is 1.